The third-order valence-electron chi connectivity index (χ3n) is 4.12. The van der Waals surface area contributed by atoms with Crippen molar-refractivity contribution in [1.29, 1.82) is 0 Å². The predicted molar refractivity (Wildman–Crippen MR) is 100 cm³/mol. The van der Waals surface area contributed by atoms with Gasteiger partial charge in [0.2, 0.25) is 6.54 Å². The first-order valence-electron chi connectivity index (χ1n) is 8.11. The van der Waals surface area contributed by atoms with Crippen molar-refractivity contribution in [3.63, 3.8) is 0 Å². The minimum atomic E-state index is -0.0150. The molecule has 7 heteroatoms. The van der Waals surface area contributed by atoms with Gasteiger partial charge in [0.1, 0.15) is 0 Å². The van der Waals surface area contributed by atoms with Gasteiger partial charge < -0.3 is 22.2 Å². The van der Waals surface area contributed by atoms with Crippen LogP contribution in [0.5, 0.6) is 0 Å². The largest absolute Gasteiger partial charge is 1.00 e. The fourth-order valence-electron chi connectivity index (χ4n) is 2.93. The number of anilines is 2. The second-order valence-corrected chi connectivity index (χ2v) is 6.90. The van der Waals surface area contributed by atoms with Gasteiger partial charge in [-0.2, -0.15) is 4.57 Å². The topological polar surface area (TPSA) is 56.8 Å². The van der Waals surface area contributed by atoms with Crippen molar-refractivity contribution in [1.82, 2.24) is 0 Å². The molecule has 5 nitrogen and oxygen atoms in total. The molecular weight excluding hydrogens is 426 g/mol. The number of benzene rings is 2. The zero-order valence-corrected chi connectivity index (χ0v) is 16.6. The first-order chi connectivity index (χ1) is 12.8. The number of hydrogen-bond donors (Lipinski definition) is 1. The summed E-state index contributed by atoms with van der Waals surface area (Å²) in [5.74, 6) is -0.0150. The number of fused-ring (bicyclic) bond motifs is 2. The Labute approximate surface area is 171 Å². The van der Waals surface area contributed by atoms with E-state index < -0.39 is 0 Å². The average Bonchev–Trinajstić information content (AvgIpc) is 2.67. The number of carbonyl (C=O) groups excluding carboxylic acids is 1. The lowest BCUT2D eigenvalue weighted by Crippen LogP contribution is -3.00. The van der Waals surface area contributed by atoms with Crippen molar-refractivity contribution in [2.75, 3.05) is 4.90 Å². The van der Waals surface area contributed by atoms with Crippen LogP contribution in [0, 0.1) is 0 Å². The number of rotatable bonds is 3. The maximum Gasteiger partial charge on any atom is 0.297 e. The van der Waals surface area contributed by atoms with Crippen LogP contribution < -0.4 is 26.4 Å². The van der Waals surface area contributed by atoms with Gasteiger partial charge in [0.15, 0.2) is 12.4 Å². The molecule has 0 unspecified atom stereocenters. The van der Waals surface area contributed by atoms with Crippen LogP contribution in [0.3, 0.4) is 0 Å². The van der Waals surface area contributed by atoms with Crippen molar-refractivity contribution in [2.24, 2.45) is 5.16 Å². The van der Waals surface area contributed by atoms with E-state index >= 15 is 0 Å². The Bertz CT molecular complexity index is 947. The van der Waals surface area contributed by atoms with Gasteiger partial charge in [0.25, 0.3) is 5.91 Å². The van der Waals surface area contributed by atoms with Gasteiger partial charge in [-0.15, -0.1) is 0 Å². The maximum absolute atomic E-state index is 13.1. The lowest BCUT2D eigenvalue weighted by molar-refractivity contribution is -0.684. The summed E-state index contributed by atoms with van der Waals surface area (Å²) in [6, 6.07) is 19.5. The molecule has 4 rings (SSSR count). The number of hydrogen-bond acceptors (Lipinski definition) is 4. The SMILES string of the molecule is O=C(C[n+]1ccc(/C=N/O)cc1)N1c2ccccc2Sc2ccccc21.[Br-]. The van der Waals surface area contributed by atoms with E-state index in [1.807, 2.05) is 53.1 Å². The quantitative estimate of drug-likeness (QED) is 0.280. The molecule has 0 saturated heterocycles. The molecule has 2 aromatic carbocycles. The molecule has 136 valence electrons. The Balaban J connectivity index is 0.00000210. The van der Waals surface area contributed by atoms with E-state index in [-0.39, 0.29) is 29.4 Å². The zero-order chi connectivity index (χ0) is 17.9. The van der Waals surface area contributed by atoms with Gasteiger partial charge in [-0.05, 0) is 24.3 Å². The van der Waals surface area contributed by atoms with Crippen molar-refractivity contribution in [3.05, 3.63) is 78.6 Å². The van der Waals surface area contributed by atoms with Gasteiger partial charge in [-0.1, -0.05) is 41.2 Å². The Hall–Kier alpha value is -2.64. The molecule has 1 amide bonds. The monoisotopic (exact) mass is 441 g/mol. The predicted octanol–water partition coefficient (Wildman–Crippen LogP) is 0.616. The lowest BCUT2D eigenvalue weighted by atomic mass is 10.2. The summed E-state index contributed by atoms with van der Waals surface area (Å²) < 4.78 is 1.81. The number of pyridine rings is 1. The van der Waals surface area contributed by atoms with Crippen LogP contribution in [0.15, 0.2) is 88.0 Å². The molecule has 3 aromatic rings. The number of nitrogens with zero attached hydrogens (tertiary/aromatic N) is 3. The highest BCUT2D eigenvalue weighted by Gasteiger charge is 2.29. The summed E-state index contributed by atoms with van der Waals surface area (Å²) in [7, 11) is 0. The molecule has 1 aliphatic heterocycles. The fourth-order valence-corrected chi connectivity index (χ4v) is 3.99. The Kier molecular flexibility index (Phi) is 5.93. The third-order valence-corrected chi connectivity index (χ3v) is 5.25. The normalized spacial score (nSPS) is 12.2. The second kappa shape index (κ2) is 8.37. The molecule has 1 aliphatic rings. The Morgan fingerprint density at radius 1 is 1.00 bits per heavy atom. The van der Waals surface area contributed by atoms with Crippen molar-refractivity contribution in [3.8, 4) is 0 Å². The molecule has 1 aromatic heterocycles. The standard InChI is InChI=1S/C20H15N3O2S.BrH/c24-20(14-22-11-9-15(10-12-22)13-21-25)23-16-5-1-3-7-18(16)26-19-8-4-2-6-17(19)23;/h1-13H,14H2;1H. The van der Waals surface area contributed by atoms with Crippen LogP contribution in [-0.2, 0) is 11.3 Å². The molecular formula is C20H16BrN3O2S. The van der Waals surface area contributed by atoms with Crippen molar-refractivity contribution in [2.45, 2.75) is 16.3 Å². The van der Waals surface area contributed by atoms with Crippen LogP contribution in [0.1, 0.15) is 5.56 Å². The van der Waals surface area contributed by atoms with E-state index in [4.69, 9.17) is 5.21 Å². The van der Waals surface area contributed by atoms with E-state index in [0.717, 1.165) is 26.7 Å². The molecule has 0 radical (unpaired) electrons. The van der Waals surface area contributed by atoms with Gasteiger partial charge in [-0.3, -0.25) is 9.69 Å². The van der Waals surface area contributed by atoms with Crippen molar-refractivity contribution < 1.29 is 31.6 Å². The average molecular weight is 442 g/mol. The molecule has 0 saturated carbocycles. The molecule has 0 spiro atoms. The number of carbonyl (C=O) groups is 1. The number of halogens is 1. The third kappa shape index (κ3) is 3.89. The molecule has 1 N–H and O–H groups in total. The van der Waals surface area contributed by atoms with Crippen LogP contribution >= 0.6 is 11.8 Å². The fraction of sp³-hybridized carbons (Fsp3) is 0.0500. The van der Waals surface area contributed by atoms with Crippen LogP contribution in [0.4, 0.5) is 11.4 Å². The van der Waals surface area contributed by atoms with E-state index in [1.165, 1.54) is 6.21 Å². The molecule has 0 aliphatic carbocycles. The highest BCUT2D eigenvalue weighted by atomic mass is 79.9. The Morgan fingerprint density at radius 3 is 2.11 bits per heavy atom. The summed E-state index contributed by atoms with van der Waals surface area (Å²) in [6.07, 6.45) is 4.94. The number of para-hydroxylation sites is 2. The molecule has 0 bridgehead atoms. The van der Waals surface area contributed by atoms with E-state index in [9.17, 15) is 4.79 Å². The van der Waals surface area contributed by atoms with Crippen LogP contribution in [0.2, 0.25) is 0 Å². The summed E-state index contributed by atoms with van der Waals surface area (Å²) in [5.41, 5.74) is 2.58. The first kappa shape index (κ1) is 19.1. The van der Waals surface area contributed by atoms with E-state index in [0.29, 0.717) is 0 Å². The number of oxime groups is 1. The number of aromatic nitrogens is 1. The summed E-state index contributed by atoms with van der Waals surface area (Å²) in [6.45, 7) is 0.212. The molecule has 27 heavy (non-hydrogen) atoms. The highest BCUT2D eigenvalue weighted by Crippen LogP contribution is 2.47. The molecule has 0 atom stereocenters. The minimum absolute atomic E-state index is 0. The van der Waals surface area contributed by atoms with Gasteiger partial charge in [0, 0.05) is 27.5 Å². The van der Waals surface area contributed by atoms with Crippen molar-refractivity contribution >= 4 is 35.3 Å². The highest BCUT2D eigenvalue weighted by molar-refractivity contribution is 7.99. The van der Waals surface area contributed by atoms with E-state index in [1.54, 1.807) is 41.2 Å². The smallest absolute Gasteiger partial charge is 0.297 e. The number of amides is 1. The lowest BCUT2D eigenvalue weighted by Gasteiger charge is -2.30. The molecule has 0 fully saturated rings. The Morgan fingerprint density at radius 2 is 1.56 bits per heavy atom. The first-order valence-corrected chi connectivity index (χ1v) is 8.93. The van der Waals surface area contributed by atoms with Gasteiger partial charge in [0.05, 0.1) is 17.6 Å². The minimum Gasteiger partial charge on any atom is -1.00 e. The van der Waals surface area contributed by atoms with Gasteiger partial charge >= 0.3 is 0 Å². The van der Waals surface area contributed by atoms with Gasteiger partial charge in [-0.25, -0.2) is 0 Å². The second-order valence-electron chi connectivity index (χ2n) is 5.82. The summed E-state index contributed by atoms with van der Waals surface area (Å²) in [4.78, 5) is 17.1. The zero-order valence-electron chi connectivity index (χ0n) is 14.2. The summed E-state index contributed by atoms with van der Waals surface area (Å²) >= 11 is 1.68. The van der Waals surface area contributed by atoms with Crippen LogP contribution in [0.25, 0.3) is 0 Å². The van der Waals surface area contributed by atoms with E-state index in [2.05, 4.69) is 5.16 Å². The summed E-state index contributed by atoms with van der Waals surface area (Å²) in [5, 5.41) is 11.6. The maximum atomic E-state index is 13.1. The van der Waals surface area contributed by atoms with Crippen LogP contribution in [-0.4, -0.2) is 17.3 Å². The molecule has 2 heterocycles.